The quantitative estimate of drug-likeness (QED) is 0.401. The maximum absolute atomic E-state index is 12.0. The predicted molar refractivity (Wildman–Crippen MR) is 88.0 cm³/mol. The van der Waals surface area contributed by atoms with Crippen LogP contribution in [-0.4, -0.2) is 39.3 Å². The van der Waals surface area contributed by atoms with Crippen molar-refractivity contribution in [2.24, 2.45) is 11.8 Å². The monoisotopic (exact) mass is 326 g/mol. The number of hydrogen-bond donors (Lipinski definition) is 3. The summed E-state index contributed by atoms with van der Waals surface area (Å²) in [5.74, 6) is -1.11. The van der Waals surface area contributed by atoms with E-state index >= 15 is 0 Å². The maximum atomic E-state index is 12.0. The third-order valence-electron chi connectivity index (χ3n) is 4.56. The fourth-order valence-corrected chi connectivity index (χ4v) is 3.20. The number of rotatable bonds is 11. The number of unbranched alkanes of at least 4 members (excludes halogenated alkanes) is 3. The van der Waals surface area contributed by atoms with Crippen LogP contribution in [0.4, 0.5) is 0 Å². The largest absolute Gasteiger partial charge is 0.481 e. The Balaban J connectivity index is 2.44. The van der Waals surface area contributed by atoms with Gasteiger partial charge in [0.25, 0.3) is 0 Å². The van der Waals surface area contributed by atoms with Crippen LogP contribution in [0.5, 0.6) is 0 Å². The Morgan fingerprint density at radius 3 is 2.70 bits per heavy atom. The molecule has 0 aromatic rings. The Bertz CT molecular complexity index is 404. The molecule has 132 valence electrons. The molecule has 0 bridgehead atoms. The molecule has 1 aliphatic carbocycles. The molecule has 0 amide bonds. The third-order valence-corrected chi connectivity index (χ3v) is 4.56. The number of allylic oxidation sites excluding steroid dienone is 1. The lowest BCUT2D eigenvalue weighted by atomic mass is 9.88. The van der Waals surface area contributed by atoms with E-state index in [0.717, 1.165) is 25.7 Å². The Morgan fingerprint density at radius 2 is 2.04 bits per heavy atom. The molecule has 3 N–H and O–H groups in total. The van der Waals surface area contributed by atoms with Gasteiger partial charge >= 0.3 is 5.97 Å². The lowest BCUT2D eigenvalue weighted by Crippen LogP contribution is -2.19. The number of carbonyl (C=O) groups excluding carboxylic acids is 1. The van der Waals surface area contributed by atoms with Crippen molar-refractivity contribution in [1.29, 1.82) is 0 Å². The highest BCUT2D eigenvalue weighted by Gasteiger charge is 2.39. The molecule has 1 rings (SSSR count). The van der Waals surface area contributed by atoms with Gasteiger partial charge in [0.15, 0.2) is 0 Å². The number of aliphatic hydroxyl groups is 2. The minimum atomic E-state index is -0.824. The number of hydrogen-bond acceptors (Lipinski definition) is 4. The summed E-state index contributed by atoms with van der Waals surface area (Å²) < 4.78 is 0. The molecular formula is C18H30O5. The van der Waals surface area contributed by atoms with E-state index in [4.69, 9.17) is 5.11 Å². The summed E-state index contributed by atoms with van der Waals surface area (Å²) in [6, 6.07) is 0. The van der Waals surface area contributed by atoms with Crippen LogP contribution >= 0.6 is 0 Å². The number of carboxylic acid groups (broad SMARTS) is 1. The van der Waals surface area contributed by atoms with Crippen molar-refractivity contribution in [1.82, 2.24) is 0 Å². The van der Waals surface area contributed by atoms with Gasteiger partial charge in [-0.2, -0.15) is 0 Å². The summed E-state index contributed by atoms with van der Waals surface area (Å²) in [5, 5.41) is 28.5. The van der Waals surface area contributed by atoms with Crippen LogP contribution in [0.15, 0.2) is 12.2 Å². The molecule has 0 aliphatic heterocycles. The van der Waals surface area contributed by atoms with Gasteiger partial charge < -0.3 is 15.3 Å². The zero-order valence-electron chi connectivity index (χ0n) is 14.0. The van der Waals surface area contributed by atoms with E-state index in [0.29, 0.717) is 19.3 Å². The van der Waals surface area contributed by atoms with Gasteiger partial charge in [0.2, 0.25) is 0 Å². The topological polar surface area (TPSA) is 94.8 Å². The molecule has 0 unspecified atom stereocenters. The Morgan fingerprint density at radius 1 is 1.30 bits per heavy atom. The summed E-state index contributed by atoms with van der Waals surface area (Å²) >= 11 is 0. The van der Waals surface area contributed by atoms with Crippen LogP contribution in [0.1, 0.15) is 64.7 Å². The van der Waals surface area contributed by atoms with Crippen molar-refractivity contribution in [2.45, 2.75) is 76.9 Å². The zero-order valence-corrected chi connectivity index (χ0v) is 14.0. The van der Waals surface area contributed by atoms with Gasteiger partial charge in [-0.15, -0.1) is 0 Å². The third kappa shape index (κ3) is 7.27. The number of carboxylic acids is 1. The van der Waals surface area contributed by atoms with Gasteiger partial charge in [-0.25, -0.2) is 0 Å². The summed E-state index contributed by atoms with van der Waals surface area (Å²) in [5.41, 5.74) is 0. The highest BCUT2D eigenvalue weighted by atomic mass is 16.4. The molecule has 0 aromatic carbocycles. The minimum absolute atomic E-state index is 0.0375. The number of carbonyl (C=O) groups is 2. The molecule has 0 aromatic heterocycles. The predicted octanol–water partition coefficient (Wildman–Crippen LogP) is 2.69. The van der Waals surface area contributed by atoms with E-state index in [1.54, 1.807) is 12.2 Å². The molecule has 0 saturated heterocycles. The van der Waals surface area contributed by atoms with Crippen LogP contribution in [-0.2, 0) is 9.59 Å². The lowest BCUT2D eigenvalue weighted by molar-refractivity contribution is -0.137. The highest BCUT2D eigenvalue weighted by Crippen LogP contribution is 2.34. The number of ketones is 1. The molecule has 5 heteroatoms. The van der Waals surface area contributed by atoms with E-state index in [-0.39, 0.29) is 30.5 Å². The summed E-state index contributed by atoms with van der Waals surface area (Å²) in [4.78, 5) is 22.4. The van der Waals surface area contributed by atoms with Gasteiger partial charge in [0.1, 0.15) is 5.78 Å². The first-order chi connectivity index (χ1) is 11.0. The average molecular weight is 326 g/mol. The minimum Gasteiger partial charge on any atom is -0.481 e. The normalized spacial score (nSPS) is 26.0. The van der Waals surface area contributed by atoms with Crippen LogP contribution < -0.4 is 0 Å². The summed E-state index contributed by atoms with van der Waals surface area (Å²) in [6.07, 6.45) is 8.19. The van der Waals surface area contributed by atoms with Crippen molar-refractivity contribution < 1.29 is 24.9 Å². The van der Waals surface area contributed by atoms with Crippen molar-refractivity contribution in [2.75, 3.05) is 0 Å². The van der Waals surface area contributed by atoms with E-state index in [1.165, 1.54) is 0 Å². The van der Waals surface area contributed by atoms with Gasteiger partial charge in [-0.3, -0.25) is 9.59 Å². The number of aliphatic carboxylic acids is 1. The fraction of sp³-hybridized carbons (Fsp3) is 0.778. The second-order valence-electron chi connectivity index (χ2n) is 6.51. The van der Waals surface area contributed by atoms with E-state index in [1.807, 2.05) is 0 Å². The van der Waals surface area contributed by atoms with E-state index < -0.39 is 18.2 Å². The molecule has 0 heterocycles. The van der Waals surface area contributed by atoms with Crippen LogP contribution in [0.3, 0.4) is 0 Å². The van der Waals surface area contributed by atoms with Crippen molar-refractivity contribution in [3.63, 3.8) is 0 Å². The molecular weight excluding hydrogens is 296 g/mol. The Labute approximate surface area is 138 Å². The average Bonchev–Trinajstić information content (AvgIpc) is 2.75. The first kappa shape index (κ1) is 19.8. The van der Waals surface area contributed by atoms with Crippen molar-refractivity contribution in [3.8, 4) is 0 Å². The molecule has 0 radical (unpaired) electrons. The molecule has 4 atom stereocenters. The van der Waals surface area contributed by atoms with Crippen LogP contribution in [0, 0.1) is 11.8 Å². The fourth-order valence-electron chi connectivity index (χ4n) is 3.20. The molecule has 5 nitrogen and oxygen atoms in total. The van der Waals surface area contributed by atoms with Gasteiger partial charge in [-0.1, -0.05) is 38.3 Å². The Hall–Kier alpha value is -1.20. The van der Waals surface area contributed by atoms with E-state index in [2.05, 4.69) is 6.92 Å². The number of Topliss-reactive ketones (excluding diaryl/α,β-unsaturated/α-hetero) is 1. The standard InChI is InChI=1S/C18H30O5/c1-2-3-4-8-14-15(17(21)12-16(14)20)11-10-13(19)7-5-6-9-18(22)23/h10-11,13-16,19-20H,2-9,12H2,1H3,(H,22,23)/b11-10+/t13-,14-,15+,16-/m0/s1. The maximum Gasteiger partial charge on any atom is 0.303 e. The Kier molecular flexibility index (Phi) is 9.10. The van der Waals surface area contributed by atoms with Gasteiger partial charge in [-0.05, 0) is 31.6 Å². The zero-order chi connectivity index (χ0) is 17.2. The summed E-state index contributed by atoms with van der Waals surface area (Å²) in [6.45, 7) is 2.12. The lowest BCUT2D eigenvalue weighted by Gasteiger charge is -2.18. The molecule has 1 saturated carbocycles. The SMILES string of the molecule is CCCCC[C@@H]1[C@@H](O)CC(=O)[C@@H]1/C=C/[C@@H](O)CCCCC(=O)O. The summed E-state index contributed by atoms with van der Waals surface area (Å²) in [7, 11) is 0. The van der Waals surface area contributed by atoms with E-state index in [9.17, 15) is 19.8 Å². The number of aliphatic hydroxyl groups excluding tert-OH is 2. The smallest absolute Gasteiger partial charge is 0.303 e. The van der Waals surface area contributed by atoms with Gasteiger partial charge in [0.05, 0.1) is 12.2 Å². The first-order valence-electron chi connectivity index (χ1n) is 8.74. The molecule has 1 aliphatic rings. The highest BCUT2D eigenvalue weighted by molar-refractivity contribution is 5.85. The van der Waals surface area contributed by atoms with Gasteiger partial charge in [0, 0.05) is 18.8 Å². The second-order valence-corrected chi connectivity index (χ2v) is 6.51. The first-order valence-corrected chi connectivity index (χ1v) is 8.74. The van der Waals surface area contributed by atoms with Crippen molar-refractivity contribution in [3.05, 3.63) is 12.2 Å². The van der Waals surface area contributed by atoms with Crippen LogP contribution in [0.2, 0.25) is 0 Å². The van der Waals surface area contributed by atoms with Crippen molar-refractivity contribution >= 4 is 11.8 Å². The molecule has 1 fully saturated rings. The molecule has 23 heavy (non-hydrogen) atoms. The van der Waals surface area contributed by atoms with Crippen LogP contribution in [0.25, 0.3) is 0 Å². The molecule has 0 spiro atoms. The second kappa shape index (κ2) is 10.6.